The number of nitrogens with zero attached hydrogens (tertiary/aromatic N) is 2. The molecular formula is C17H13F3N2. The van der Waals surface area contributed by atoms with Gasteiger partial charge < -0.3 is 0 Å². The van der Waals surface area contributed by atoms with Crippen LogP contribution in [0, 0.1) is 0 Å². The van der Waals surface area contributed by atoms with E-state index in [0.29, 0.717) is 5.69 Å². The molecule has 1 aromatic heterocycles. The molecule has 0 radical (unpaired) electrons. The predicted molar refractivity (Wildman–Crippen MR) is 78.1 cm³/mol. The maximum absolute atomic E-state index is 12.7. The molecule has 0 bridgehead atoms. The Labute approximate surface area is 125 Å². The molecule has 0 saturated heterocycles. The summed E-state index contributed by atoms with van der Waals surface area (Å²) in [7, 11) is 0. The predicted octanol–water partition coefficient (Wildman–Crippen LogP) is 4.53. The number of hydrogen-bond acceptors (Lipinski definition) is 1. The highest BCUT2D eigenvalue weighted by Crippen LogP contribution is 2.32. The van der Waals surface area contributed by atoms with Crippen LogP contribution in [0.15, 0.2) is 42.5 Å². The van der Waals surface area contributed by atoms with Crippen molar-refractivity contribution in [3.8, 4) is 5.69 Å². The van der Waals surface area contributed by atoms with Crippen LogP contribution in [-0.4, -0.2) is 9.78 Å². The molecule has 0 amide bonds. The third-order valence-corrected chi connectivity index (χ3v) is 4.17. The van der Waals surface area contributed by atoms with E-state index in [-0.39, 0.29) is 0 Å². The minimum atomic E-state index is -4.31. The Morgan fingerprint density at radius 3 is 2.45 bits per heavy atom. The van der Waals surface area contributed by atoms with Crippen LogP contribution in [0.25, 0.3) is 16.6 Å². The van der Waals surface area contributed by atoms with Gasteiger partial charge >= 0.3 is 6.18 Å². The number of hydrogen-bond donors (Lipinski definition) is 0. The van der Waals surface area contributed by atoms with Crippen LogP contribution in [0.3, 0.4) is 0 Å². The first-order valence-corrected chi connectivity index (χ1v) is 7.21. The molecule has 2 aromatic carbocycles. The first-order valence-electron chi connectivity index (χ1n) is 7.21. The summed E-state index contributed by atoms with van der Waals surface area (Å²) in [4.78, 5) is 0. The largest absolute Gasteiger partial charge is 0.416 e. The van der Waals surface area contributed by atoms with Crippen LogP contribution in [0.1, 0.15) is 23.2 Å². The van der Waals surface area contributed by atoms with Gasteiger partial charge in [-0.3, -0.25) is 0 Å². The van der Waals surface area contributed by atoms with E-state index < -0.39 is 11.7 Å². The maximum Gasteiger partial charge on any atom is 0.416 e. The summed E-state index contributed by atoms with van der Waals surface area (Å²) >= 11 is 0. The Kier molecular flexibility index (Phi) is 2.79. The summed E-state index contributed by atoms with van der Waals surface area (Å²) < 4.78 is 39.8. The van der Waals surface area contributed by atoms with Crippen molar-refractivity contribution in [2.45, 2.75) is 25.4 Å². The summed E-state index contributed by atoms with van der Waals surface area (Å²) in [5.41, 5.74) is 3.29. The second-order valence-electron chi connectivity index (χ2n) is 5.57. The summed E-state index contributed by atoms with van der Waals surface area (Å²) in [5, 5.41) is 5.78. The zero-order chi connectivity index (χ0) is 15.3. The van der Waals surface area contributed by atoms with Gasteiger partial charge in [-0.25, -0.2) is 4.68 Å². The lowest BCUT2D eigenvalue weighted by Gasteiger charge is -2.10. The fourth-order valence-corrected chi connectivity index (χ4v) is 3.14. The van der Waals surface area contributed by atoms with E-state index in [1.807, 2.05) is 12.1 Å². The lowest BCUT2D eigenvalue weighted by Crippen LogP contribution is -2.05. The molecule has 4 rings (SSSR count). The van der Waals surface area contributed by atoms with Gasteiger partial charge in [0, 0.05) is 5.39 Å². The van der Waals surface area contributed by atoms with E-state index in [2.05, 4.69) is 11.2 Å². The van der Waals surface area contributed by atoms with Crippen LogP contribution in [-0.2, 0) is 19.0 Å². The fourth-order valence-electron chi connectivity index (χ4n) is 3.14. The first kappa shape index (κ1) is 13.4. The highest BCUT2D eigenvalue weighted by atomic mass is 19.4. The molecular weight excluding hydrogens is 289 g/mol. The zero-order valence-electron chi connectivity index (χ0n) is 11.7. The Morgan fingerprint density at radius 2 is 1.73 bits per heavy atom. The number of alkyl halides is 3. The Hall–Kier alpha value is -2.30. The molecule has 2 nitrogen and oxygen atoms in total. The number of aromatic nitrogens is 2. The van der Waals surface area contributed by atoms with E-state index in [4.69, 9.17) is 0 Å². The molecule has 0 saturated carbocycles. The molecule has 1 aliphatic rings. The van der Waals surface area contributed by atoms with Gasteiger partial charge in [-0.1, -0.05) is 12.1 Å². The summed E-state index contributed by atoms with van der Waals surface area (Å²) in [6, 6.07) is 11.2. The van der Waals surface area contributed by atoms with Crippen LogP contribution in [0.2, 0.25) is 0 Å². The van der Waals surface area contributed by atoms with Crippen molar-refractivity contribution in [3.63, 3.8) is 0 Å². The molecule has 5 heteroatoms. The molecule has 0 spiro atoms. The molecule has 1 heterocycles. The summed E-state index contributed by atoms with van der Waals surface area (Å²) in [6.45, 7) is 0. The SMILES string of the molecule is FC(F)(F)c1ccc(-n2nc3c4c(cccc42)CCC3)cc1. The molecule has 3 aromatic rings. The van der Waals surface area contributed by atoms with Gasteiger partial charge in [0.2, 0.25) is 0 Å². The van der Waals surface area contributed by atoms with Crippen molar-refractivity contribution in [2.24, 2.45) is 0 Å². The Bertz CT molecular complexity index is 845. The standard InChI is InChI=1S/C17H13F3N2/c18-17(19,20)12-7-9-13(10-8-12)22-15-6-2-4-11-3-1-5-14(21-22)16(11)15/h2,4,6-10H,1,3,5H2. The van der Waals surface area contributed by atoms with E-state index in [9.17, 15) is 13.2 Å². The molecule has 1 aliphatic carbocycles. The van der Waals surface area contributed by atoms with Crippen molar-refractivity contribution < 1.29 is 13.2 Å². The average Bonchev–Trinajstić information content (AvgIpc) is 2.88. The van der Waals surface area contributed by atoms with Gasteiger partial charge in [0.1, 0.15) is 0 Å². The molecule has 0 atom stereocenters. The van der Waals surface area contributed by atoms with E-state index >= 15 is 0 Å². The molecule has 112 valence electrons. The van der Waals surface area contributed by atoms with Crippen LogP contribution in [0.4, 0.5) is 13.2 Å². The van der Waals surface area contributed by atoms with Gasteiger partial charge in [-0.15, -0.1) is 0 Å². The Balaban J connectivity index is 1.87. The van der Waals surface area contributed by atoms with Crippen molar-refractivity contribution in [2.75, 3.05) is 0 Å². The quantitative estimate of drug-likeness (QED) is 0.645. The van der Waals surface area contributed by atoms with E-state index in [1.165, 1.54) is 17.7 Å². The zero-order valence-corrected chi connectivity index (χ0v) is 11.7. The van der Waals surface area contributed by atoms with Crippen LogP contribution in [0.5, 0.6) is 0 Å². The number of benzene rings is 2. The minimum absolute atomic E-state index is 0.641. The minimum Gasteiger partial charge on any atom is -0.233 e. The highest BCUT2D eigenvalue weighted by Gasteiger charge is 2.30. The number of aryl methyl sites for hydroxylation is 2. The molecule has 0 unspecified atom stereocenters. The summed E-state index contributed by atoms with van der Waals surface area (Å²) in [5.74, 6) is 0. The first-order chi connectivity index (χ1) is 10.5. The van der Waals surface area contributed by atoms with Crippen molar-refractivity contribution >= 4 is 10.9 Å². The monoisotopic (exact) mass is 302 g/mol. The number of halogens is 3. The van der Waals surface area contributed by atoms with Gasteiger partial charge in [0.05, 0.1) is 22.5 Å². The molecule has 0 fully saturated rings. The maximum atomic E-state index is 12.7. The normalized spacial score (nSPS) is 14.5. The third-order valence-electron chi connectivity index (χ3n) is 4.17. The van der Waals surface area contributed by atoms with Gasteiger partial charge in [0.15, 0.2) is 0 Å². The highest BCUT2D eigenvalue weighted by molar-refractivity contribution is 5.87. The second kappa shape index (κ2) is 4.60. The third kappa shape index (κ3) is 2.00. The molecule has 0 aliphatic heterocycles. The van der Waals surface area contributed by atoms with Crippen LogP contribution >= 0.6 is 0 Å². The lowest BCUT2D eigenvalue weighted by atomic mass is 9.95. The van der Waals surface area contributed by atoms with Crippen molar-refractivity contribution in [1.29, 1.82) is 0 Å². The lowest BCUT2D eigenvalue weighted by molar-refractivity contribution is -0.137. The Morgan fingerprint density at radius 1 is 0.955 bits per heavy atom. The smallest absolute Gasteiger partial charge is 0.233 e. The summed E-state index contributed by atoms with van der Waals surface area (Å²) in [6.07, 6.45) is -1.30. The van der Waals surface area contributed by atoms with Crippen molar-refractivity contribution in [3.05, 3.63) is 59.3 Å². The van der Waals surface area contributed by atoms with Gasteiger partial charge in [-0.2, -0.15) is 18.3 Å². The van der Waals surface area contributed by atoms with Crippen LogP contribution < -0.4 is 0 Å². The topological polar surface area (TPSA) is 17.8 Å². The molecule has 22 heavy (non-hydrogen) atoms. The number of rotatable bonds is 1. The van der Waals surface area contributed by atoms with Crippen molar-refractivity contribution in [1.82, 2.24) is 9.78 Å². The fraction of sp³-hybridized carbons (Fsp3) is 0.235. The van der Waals surface area contributed by atoms with E-state index in [0.717, 1.165) is 48.0 Å². The van der Waals surface area contributed by atoms with E-state index in [1.54, 1.807) is 4.68 Å². The average molecular weight is 302 g/mol. The van der Waals surface area contributed by atoms with Gasteiger partial charge in [0.25, 0.3) is 0 Å². The second-order valence-corrected chi connectivity index (χ2v) is 5.57. The van der Waals surface area contributed by atoms with Gasteiger partial charge in [-0.05, 0) is 55.2 Å². The molecule has 0 N–H and O–H groups in total.